The summed E-state index contributed by atoms with van der Waals surface area (Å²) in [5, 5.41) is 0. The highest BCUT2D eigenvalue weighted by atomic mass is 32.2. The molecule has 30 heavy (non-hydrogen) atoms. The highest BCUT2D eigenvalue weighted by molar-refractivity contribution is 7.92. The summed E-state index contributed by atoms with van der Waals surface area (Å²) in [6.45, 7) is 6.83. The molecule has 1 amide bonds. The first kappa shape index (κ1) is 21.9. The normalized spacial score (nSPS) is 15.5. The molecule has 1 aliphatic heterocycles. The van der Waals surface area contributed by atoms with E-state index in [4.69, 9.17) is 4.74 Å². The number of sulfonamides is 1. The van der Waals surface area contributed by atoms with Gasteiger partial charge in [0.1, 0.15) is 12.4 Å². The number of amides is 1. The topological polar surface area (TPSA) is 66.9 Å². The summed E-state index contributed by atoms with van der Waals surface area (Å²) in [6.07, 6.45) is 3.19. The minimum Gasteiger partial charge on any atom is -0.490 e. The first-order valence-corrected chi connectivity index (χ1v) is 11.6. The van der Waals surface area contributed by atoms with Gasteiger partial charge in [0.25, 0.3) is 5.91 Å². The molecule has 0 N–H and O–H groups in total. The van der Waals surface area contributed by atoms with E-state index in [2.05, 4.69) is 6.58 Å². The summed E-state index contributed by atoms with van der Waals surface area (Å²) in [5.41, 5.74) is 2.89. The van der Waals surface area contributed by atoms with E-state index < -0.39 is 10.0 Å². The van der Waals surface area contributed by atoms with Gasteiger partial charge in [-0.25, -0.2) is 8.42 Å². The van der Waals surface area contributed by atoms with Crippen molar-refractivity contribution >= 4 is 21.6 Å². The molecule has 2 aromatic rings. The Balaban J connectivity index is 1.75. The lowest BCUT2D eigenvalue weighted by atomic mass is 10.1. The molecule has 7 heteroatoms. The second-order valence-electron chi connectivity index (χ2n) is 7.50. The van der Waals surface area contributed by atoms with Gasteiger partial charge in [-0.2, -0.15) is 0 Å². The van der Waals surface area contributed by atoms with E-state index >= 15 is 0 Å². The number of nitrogens with zero attached hydrogens (tertiary/aromatic N) is 2. The summed E-state index contributed by atoms with van der Waals surface area (Å²) in [6, 6.07) is 12.8. The molecule has 0 bridgehead atoms. The smallest absolute Gasteiger partial charge is 0.253 e. The van der Waals surface area contributed by atoms with E-state index in [-0.39, 0.29) is 11.7 Å². The number of benzene rings is 2. The van der Waals surface area contributed by atoms with Crippen LogP contribution in [0.2, 0.25) is 0 Å². The molecule has 0 spiro atoms. The summed E-state index contributed by atoms with van der Waals surface area (Å²) in [5.74, 6) is 0.744. The largest absolute Gasteiger partial charge is 0.490 e. The van der Waals surface area contributed by atoms with Gasteiger partial charge in [-0.05, 0) is 55.2 Å². The molecule has 0 unspecified atom stereocenters. The van der Waals surface area contributed by atoms with E-state index in [9.17, 15) is 13.2 Å². The Labute approximate surface area is 178 Å². The molecule has 0 saturated carbocycles. The molecule has 1 saturated heterocycles. The van der Waals surface area contributed by atoms with Crippen molar-refractivity contribution in [1.29, 1.82) is 0 Å². The summed E-state index contributed by atoms with van der Waals surface area (Å²) >= 11 is 0. The second kappa shape index (κ2) is 9.34. The third-order valence-electron chi connectivity index (χ3n) is 5.13. The van der Waals surface area contributed by atoms with Crippen molar-refractivity contribution in [2.24, 2.45) is 0 Å². The maximum atomic E-state index is 13.0. The molecule has 1 aliphatic rings. The minimum atomic E-state index is -3.33. The van der Waals surface area contributed by atoms with Crippen LogP contribution in [-0.4, -0.2) is 45.2 Å². The number of aryl methyl sites for hydroxylation is 1. The van der Waals surface area contributed by atoms with Crippen molar-refractivity contribution in [1.82, 2.24) is 4.90 Å². The molecule has 0 radical (unpaired) electrons. The zero-order valence-electron chi connectivity index (χ0n) is 17.5. The van der Waals surface area contributed by atoms with Gasteiger partial charge in [-0.1, -0.05) is 30.9 Å². The van der Waals surface area contributed by atoms with Crippen LogP contribution in [0.5, 0.6) is 5.75 Å². The van der Waals surface area contributed by atoms with E-state index in [0.29, 0.717) is 37.4 Å². The van der Waals surface area contributed by atoms with Crippen LogP contribution in [-0.2, 0) is 16.6 Å². The molecule has 0 aliphatic carbocycles. The first-order chi connectivity index (χ1) is 14.3. The summed E-state index contributed by atoms with van der Waals surface area (Å²) < 4.78 is 31.9. The van der Waals surface area contributed by atoms with Gasteiger partial charge in [-0.15, -0.1) is 0 Å². The van der Waals surface area contributed by atoms with Crippen LogP contribution in [0.4, 0.5) is 5.69 Å². The molecule has 1 heterocycles. The number of hydrogen-bond acceptors (Lipinski definition) is 4. The average molecular weight is 429 g/mol. The number of rotatable bonds is 7. The number of carbonyl (C=O) groups is 1. The van der Waals surface area contributed by atoms with Gasteiger partial charge >= 0.3 is 0 Å². The standard InChI is InChI=1S/C23H28N2O4S/c1-4-14-29-21-11-8-19(9-12-21)17-24(3)23(26)20-10-7-18(2)22(16-20)25-13-5-6-15-30(25,27)28/h4,7-12,16H,1,5-6,13-15,17H2,2-3H3. The van der Waals surface area contributed by atoms with E-state index in [1.165, 1.54) is 4.31 Å². The summed E-state index contributed by atoms with van der Waals surface area (Å²) in [7, 11) is -1.59. The second-order valence-corrected chi connectivity index (χ2v) is 9.51. The quantitative estimate of drug-likeness (QED) is 0.630. The lowest BCUT2D eigenvalue weighted by Crippen LogP contribution is -2.38. The Morgan fingerprint density at radius 1 is 1.20 bits per heavy atom. The third-order valence-corrected chi connectivity index (χ3v) is 6.99. The zero-order chi connectivity index (χ0) is 21.7. The van der Waals surface area contributed by atoms with Crippen molar-refractivity contribution < 1.29 is 17.9 Å². The predicted molar refractivity (Wildman–Crippen MR) is 119 cm³/mol. The number of hydrogen-bond donors (Lipinski definition) is 0. The molecule has 3 rings (SSSR count). The van der Waals surface area contributed by atoms with Crippen LogP contribution in [0.3, 0.4) is 0 Å². The van der Waals surface area contributed by atoms with E-state index in [1.54, 1.807) is 30.2 Å². The van der Waals surface area contributed by atoms with Crippen LogP contribution >= 0.6 is 0 Å². The highest BCUT2D eigenvalue weighted by Gasteiger charge is 2.28. The van der Waals surface area contributed by atoms with Crippen LogP contribution in [0.25, 0.3) is 0 Å². The van der Waals surface area contributed by atoms with Crippen LogP contribution in [0, 0.1) is 6.92 Å². The van der Waals surface area contributed by atoms with Gasteiger partial charge in [0.2, 0.25) is 10.0 Å². The average Bonchev–Trinajstić information content (AvgIpc) is 2.73. The molecule has 160 valence electrons. The zero-order valence-corrected chi connectivity index (χ0v) is 18.3. The van der Waals surface area contributed by atoms with Gasteiger partial charge < -0.3 is 9.64 Å². The monoisotopic (exact) mass is 428 g/mol. The molecule has 1 fully saturated rings. The van der Waals surface area contributed by atoms with E-state index in [0.717, 1.165) is 23.3 Å². The lowest BCUT2D eigenvalue weighted by Gasteiger charge is -2.30. The molecule has 0 atom stereocenters. The number of carbonyl (C=O) groups excluding carboxylic acids is 1. The van der Waals surface area contributed by atoms with Crippen molar-refractivity contribution in [3.63, 3.8) is 0 Å². The van der Waals surface area contributed by atoms with E-state index in [1.807, 2.05) is 37.3 Å². The van der Waals surface area contributed by atoms with Crippen molar-refractivity contribution in [2.45, 2.75) is 26.3 Å². The first-order valence-electron chi connectivity index (χ1n) is 10.0. The van der Waals surface area contributed by atoms with Crippen molar-refractivity contribution in [2.75, 3.05) is 30.3 Å². The Bertz CT molecular complexity index is 1020. The van der Waals surface area contributed by atoms with Crippen LogP contribution in [0.1, 0.15) is 34.3 Å². The third kappa shape index (κ3) is 5.02. The Morgan fingerprint density at radius 3 is 2.60 bits per heavy atom. The van der Waals surface area contributed by atoms with Crippen molar-refractivity contribution in [3.05, 3.63) is 71.8 Å². The molecule has 0 aromatic heterocycles. The minimum absolute atomic E-state index is 0.150. The number of ether oxygens (including phenoxy) is 1. The van der Waals surface area contributed by atoms with Gasteiger partial charge in [0, 0.05) is 25.7 Å². The van der Waals surface area contributed by atoms with Crippen molar-refractivity contribution in [3.8, 4) is 5.75 Å². The van der Waals surface area contributed by atoms with Gasteiger partial charge in [0.05, 0.1) is 11.4 Å². The SMILES string of the molecule is C=CCOc1ccc(CN(C)C(=O)c2ccc(C)c(N3CCCCS3(=O)=O)c2)cc1. The fourth-order valence-corrected chi connectivity index (χ4v) is 5.18. The fourth-order valence-electron chi connectivity index (χ4n) is 3.48. The molecule has 6 nitrogen and oxygen atoms in total. The van der Waals surface area contributed by atoms with Crippen LogP contribution in [0.15, 0.2) is 55.1 Å². The Morgan fingerprint density at radius 2 is 1.93 bits per heavy atom. The lowest BCUT2D eigenvalue weighted by molar-refractivity contribution is 0.0785. The van der Waals surface area contributed by atoms with Gasteiger partial charge in [-0.3, -0.25) is 9.10 Å². The molecule has 2 aromatic carbocycles. The Hall–Kier alpha value is -2.80. The molecular weight excluding hydrogens is 400 g/mol. The fraction of sp³-hybridized carbons (Fsp3) is 0.348. The van der Waals surface area contributed by atoms with Crippen LogP contribution < -0.4 is 9.04 Å². The predicted octanol–water partition coefficient (Wildman–Crippen LogP) is 3.76. The molecular formula is C23H28N2O4S. The Kier molecular flexibility index (Phi) is 6.82. The maximum absolute atomic E-state index is 13.0. The summed E-state index contributed by atoms with van der Waals surface area (Å²) in [4.78, 5) is 14.6. The highest BCUT2D eigenvalue weighted by Crippen LogP contribution is 2.28. The maximum Gasteiger partial charge on any atom is 0.253 e. The number of anilines is 1. The van der Waals surface area contributed by atoms with Gasteiger partial charge in [0.15, 0.2) is 0 Å².